The Kier molecular flexibility index (Phi) is 5.12. The summed E-state index contributed by atoms with van der Waals surface area (Å²) in [4.78, 5) is 0. The number of aryl methyl sites for hydroxylation is 2. The van der Waals surface area contributed by atoms with Crippen LogP contribution in [0.2, 0.25) is 0 Å². The molecule has 124 valence electrons. The monoisotopic (exact) mass is 326 g/mol. The van der Waals surface area contributed by atoms with Gasteiger partial charge in [0.15, 0.2) is 0 Å². The Hall–Kier alpha value is -0.870. The van der Waals surface area contributed by atoms with E-state index in [4.69, 9.17) is 0 Å². The van der Waals surface area contributed by atoms with Gasteiger partial charge in [-0.2, -0.15) is 0 Å². The predicted octanol–water partition coefficient (Wildman–Crippen LogP) is 6.70. The molecule has 1 heteroatoms. The van der Waals surface area contributed by atoms with Crippen molar-refractivity contribution in [1.82, 2.24) is 0 Å². The molecule has 4 unspecified atom stereocenters. The van der Waals surface area contributed by atoms with Gasteiger partial charge in [0.05, 0.1) is 0 Å². The van der Waals surface area contributed by atoms with Crippen molar-refractivity contribution in [2.24, 2.45) is 0 Å². The summed E-state index contributed by atoms with van der Waals surface area (Å²) in [5.41, 5.74) is 7.31. The second-order valence-corrected chi connectivity index (χ2v) is 9.43. The summed E-state index contributed by atoms with van der Waals surface area (Å²) in [6.07, 6.45) is 15.7. The number of allylic oxidation sites excluding steroid dienone is 4. The van der Waals surface area contributed by atoms with Gasteiger partial charge in [-0.3, -0.25) is 0 Å². The van der Waals surface area contributed by atoms with Crippen LogP contribution in [0.5, 0.6) is 0 Å². The van der Waals surface area contributed by atoms with Crippen molar-refractivity contribution in [2.75, 3.05) is 0 Å². The molecule has 0 saturated carbocycles. The summed E-state index contributed by atoms with van der Waals surface area (Å²) >= 11 is 0. The minimum absolute atomic E-state index is 0.331. The van der Waals surface area contributed by atoms with Gasteiger partial charge in [0.2, 0.25) is 0 Å². The summed E-state index contributed by atoms with van der Waals surface area (Å²) in [7, 11) is 1.00. The average Bonchev–Trinajstić information content (AvgIpc) is 2.54. The first kappa shape index (κ1) is 17.0. The van der Waals surface area contributed by atoms with Gasteiger partial charge in [-0.1, -0.05) is 77.0 Å². The van der Waals surface area contributed by atoms with Gasteiger partial charge in [0.25, 0.3) is 0 Å². The molecule has 0 aromatic heterocycles. The minimum Gasteiger partial charge on any atom is -0.103 e. The maximum atomic E-state index is 2.56. The fraction of sp³-hybridized carbons (Fsp3) is 0.545. The lowest BCUT2D eigenvalue weighted by Crippen LogP contribution is -2.32. The molecule has 0 spiro atoms. The number of rotatable bonds is 5. The molecule has 3 rings (SSSR count). The second-order valence-electron chi connectivity index (χ2n) is 7.37. The fourth-order valence-corrected chi connectivity index (χ4v) is 6.39. The number of benzene rings is 1. The largest absolute Gasteiger partial charge is 0.103 e. The molecule has 1 aromatic rings. The van der Waals surface area contributed by atoms with Gasteiger partial charge in [-0.25, -0.2) is 0 Å². The van der Waals surface area contributed by atoms with E-state index in [1.165, 1.54) is 32.1 Å². The number of fused-ring (bicyclic) bond motifs is 3. The lowest BCUT2D eigenvalue weighted by Gasteiger charge is -2.45. The van der Waals surface area contributed by atoms with Crippen LogP contribution in [-0.2, 0) is 12.8 Å². The molecule has 0 N–H and O–H groups in total. The molecule has 0 bridgehead atoms. The molecule has 2 aliphatic rings. The van der Waals surface area contributed by atoms with E-state index < -0.39 is 0 Å². The molecule has 1 aromatic carbocycles. The smallest absolute Gasteiger partial charge is 0.0152 e. The Morgan fingerprint density at radius 1 is 1.04 bits per heavy atom. The highest BCUT2D eigenvalue weighted by Crippen LogP contribution is 2.61. The number of hydrogen-bond donors (Lipinski definition) is 0. The Labute approximate surface area is 144 Å². The predicted molar refractivity (Wildman–Crippen MR) is 105 cm³/mol. The van der Waals surface area contributed by atoms with Crippen LogP contribution in [-0.4, -0.2) is 5.16 Å². The zero-order valence-corrected chi connectivity index (χ0v) is 16.2. The fourth-order valence-electron chi connectivity index (χ4n) is 4.43. The summed E-state index contributed by atoms with van der Waals surface area (Å²) < 4.78 is 0. The van der Waals surface area contributed by atoms with Crippen molar-refractivity contribution >= 4 is 8.58 Å². The molecule has 0 radical (unpaired) electrons. The Balaban J connectivity index is 2.18. The third-order valence-electron chi connectivity index (χ3n) is 5.50. The van der Waals surface area contributed by atoms with Crippen LogP contribution in [0.3, 0.4) is 0 Å². The van der Waals surface area contributed by atoms with Gasteiger partial charge in [-0.15, -0.1) is 8.58 Å². The van der Waals surface area contributed by atoms with Crippen molar-refractivity contribution in [3.8, 4) is 0 Å². The van der Waals surface area contributed by atoms with Crippen molar-refractivity contribution in [1.29, 1.82) is 0 Å². The van der Waals surface area contributed by atoms with Crippen LogP contribution in [0.15, 0.2) is 36.4 Å². The summed E-state index contributed by atoms with van der Waals surface area (Å²) in [6.45, 7) is 9.47. The first-order valence-corrected chi connectivity index (χ1v) is 10.5. The molecule has 1 aliphatic carbocycles. The van der Waals surface area contributed by atoms with Gasteiger partial charge >= 0.3 is 0 Å². The van der Waals surface area contributed by atoms with Crippen molar-refractivity contribution in [2.45, 2.75) is 76.5 Å². The van der Waals surface area contributed by atoms with E-state index in [2.05, 4.69) is 64.1 Å². The Morgan fingerprint density at radius 3 is 2.52 bits per heavy atom. The molecule has 1 heterocycles. The first-order valence-electron chi connectivity index (χ1n) is 9.42. The second kappa shape index (κ2) is 6.94. The van der Waals surface area contributed by atoms with E-state index in [9.17, 15) is 0 Å². The van der Waals surface area contributed by atoms with E-state index in [1.807, 2.05) is 0 Å². The highest BCUT2D eigenvalue weighted by Gasteiger charge is 2.42. The molecule has 1 aliphatic heterocycles. The van der Waals surface area contributed by atoms with Crippen LogP contribution < -0.4 is 0 Å². The van der Waals surface area contributed by atoms with E-state index in [-0.39, 0.29) is 0 Å². The summed E-state index contributed by atoms with van der Waals surface area (Å²) in [6, 6.07) is 5.09. The van der Waals surface area contributed by atoms with Crippen molar-refractivity contribution in [3.05, 3.63) is 58.7 Å². The Morgan fingerprint density at radius 2 is 1.83 bits per heavy atom. The van der Waals surface area contributed by atoms with Crippen molar-refractivity contribution in [3.63, 3.8) is 0 Å². The molecule has 0 fully saturated rings. The average molecular weight is 326 g/mol. The van der Waals surface area contributed by atoms with Crippen molar-refractivity contribution < 1.29 is 0 Å². The third kappa shape index (κ3) is 3.08. The first-order chi connectivity index (χ1) is 11.1. The van der Waals surface area contributed by atoms with Crippen LogP contribution >= 0.6 is 8.58 Å². The summed E-state index contributed by atoms with van der Waals surface area (Å²) in [5.74, 6) is 0.584. The van der Waals surface area contributed by atoms with Gasteiger partial charge in [-0.05, 0) is 41.5 Å². The van der Waals surface area contributed by atoms with Crippen LogP contribution in [0.4, 0.5) is 0 Å². The zero-order chi connectivity index (χ0) is 16.4. The molecular weight excluding hydrogens is 295 g/mol. The van der Waals surface area contributed by atoms with E-state index in [0.717, 1.165) is 14.2 Å². The van der Waals surface area contributed by atoms with E-state index in [0.29, 0.717) is 11.1 Å². The van der Waals surface area contributed by atoms with Gasteiger partial charge in [0, 0.05) is 16.7 Å². The number of hydrogen-bond acceptors (Lipinski definition) is 0. The normalized spacial score (nSPS) is 29.6. The third-order valence-corrected chi connectivity index (χ3v) is 7.67. The van der Waals surface area contributed by atoms with Gasteiger partial charge in [0.1, 0.15) is 0 Å². The molecule has 4 atom stereocenters. The topological polar surface area (TPSA) is 0 Å². The molecule has 0 amide bonds. The Bertz CT molecular complexity index is 625. The van der Waals surface area contributed by atoms with Gasteiger partial charge < -0.3 is 0 Å². The summed E-state index contributed by atoms with van der Waals surface area (Å²) in [5, 5.41) is 0.331. The molecule has 0 saturated heterocycles. The van der Waals surface area contributed by atoms with E-state index >= 15 is 0 Å². The minimum atomic E-state index is 0.331. The maximum absolute atomic E-state index is 2.56. The molecular formula is C22H31P. The maximum Gasteiger partial charge on any atom is 0.0152 e. The highest BCUT2D eigenvalue weighted by atomic mass is 31.1. The zero-order valence-electron chi connectivity index (χ0n) is 15.2. The SMILES string of the molecule is CCCc1cc(CCC)c2c(c1)C(CC)PC1(C)C=CC=CC21. The molecule has 0 nitrogen and oxygen atoms in total. The van der Waals surface area contributed by atoms with Crippen LogP contribution in [0.1, 0.15) is 80.8 Å². The quantitative estimate of drug-likeness (QED) is 0.528. The lowest BCUT2D eigenvalue weighted by molar-refractivity contribution is 0.629. The van der Waals surface area contributed by atoms with Crippen LogP contribution in [0, 0.1) is 0 Å². The highest BCUT2D eigenvalue weighted by molar-refractivity contribution is 7.41. The molecule has 23 heavy (non-hydrogen) atoms. The lowest BCUT2D eigenvalue weighted by atomic mass is 9.76. The van der Waals surface area contributed by atoms with Crippen LogP contribution in [0.25, 0.3) is 0 Å². The van der Waals surface area contributed by atoms with E-state index in [1.54, 1.807) is 22.3 Å². The standard InChI is InChI=1S/C22H31P/c1-5-10-16-14-17(11-6-2)21-18(15-16)20(7-3)23-22(4)13-9-8-12-19(21)22/h8-9,12-15,19-20,23H,5-7,10-11H2,1-4H3.